The lowest BCUT2D eigenvalue weighted by Crippen LogP contribution is -2.48. The minimum absolute atomic E-state index is 0.125. The van der Waals surface area contributed by atoms with Gasteiger partial charge in [0.05, 0.1) is 6.54 Å². The first-order chi connectivity index (χ1) is 11.5. The van der Waals surface area contributed by atoms with Gasteiger partial charge in [0.1, 0.15) is 5.82 Å². The van der Waals surface area contributed by atoms with Crippen molar-refractivity contribution in [1.82, 2.24) is 10.2 Å². The Balaban J connectivity index is 1.64. The number of carboxylic acids is 1. The van der Waals surface area contributed by atoms with Gasteiger partial charge in [-0.25, -0.2) is 4.39 Å². The maximum atomic E-state index is 13.2. The van der Waals surface area contributed by atoms with Gasteiger partial charge in [0.15, 0.2) is 0 Å². The summed E-state index contributed by atoms with van der Waals surface area (Å²) < 4.78 is 13.2. The van der Waals surface area contributed by atoms with E-state index < -0.39 is 5.97 Å². The Morgan fingerprint density at radius 1 is 1.33 bits per heavy atom. The number of hydrogen-bond acceptors (Lipinski definition) is 3. The standard InChI is InChI=1S/C19H27FN2O2/c1-14-10-17(14)21-13-19(11-15-2-4-16(20)5-3-15)6-8-22(9-7-19)12-18(23)24/h2-5,14,17,21H,6-13H2,1H3,(H,23,24). The van der Waals surface area contributed by atoms with Crippen LogP contribution in [0.4, 0.5) is 4.39 Å². The molecule has 2 atom stereocenters. The lowest BCUT2D eigenvalue weighted by molar-refractivity contribution is -0.138. The van der Waals surface area contributed by atoms with E-state index in [2.05, 4.69) is 12.2 Å². The highest BCUT2D eigenvalue weighted by atomic mass is 19.1. The number of benzene rings is 1. The Morgan fingerprint density at radius 2 is 1.96 bits per heavy atom. The van der Waals surface area contributed by atoms with Crippen LogP contribution in [0.3, 0.4) is 0 Å². The maximum Gasteiger partial charge on any atom is 0.317 e. The number of carbonyl (C=O) groups is 1. The number of piperidine rings is 1. The Morgan fingerprint density at radius 3 is 2.50 bits per heavy atom. The molecule has 1 heterocycles. The zero-order chi connectivity index (χ0) is 17.2. The van der Waals surface area contributed by atoms with Crippen LogP contribution in [-0.2, 0) is 11.2 Å². The lowest BCUT2D eigenvalue weighted by atomic mass is 9.73. The fraction of sp³-hybridized carbons (Fsp3) is 0.632. The van der Waals surface area contributed by atoms with Crippen molar-refractivity contribution in [3.8, 4) is 0 Å². The van der Waals surface area contributed by atoms with Gasteiger partial charge in [0.2, 0.25) is 0 Å². The van der Waals surface area contributed by atoms with E-state index in [1.807, 2.05) is 17.0 Å². The number of nitrogens with zero attached hydrogens (tertiary/aromatic N) is 1. The molecule has 5 heteroatoms. The second kappa shape index (κ2) is 7.19. The van der Waals surface area contributed by atoms with Crippen LogP contribution in [0.1, 0.15) is 31.7 Å². The Hall–Kier alpha value is -1.46. The first-order valence-corrected chi connectivity index (χ1v) is 8.88. The molecule has 0 aromatic heterocycles. The number of likely N-dealkylation sites (tertiary alicyclic amines) is 1. The second-order valence-electron chi connectivity index (χ2n) is 7.67. The molecule has 0 radical (unpaired) electrons. The van der Waals surface area contributed by atoms with Crippen LogP contribution in [0, 0.1) is 17.2 Å². The maximum absolute atomic E-state index is 13.2. The molecule has 1 aliphatic heterocycles. The van der Waals surface area contributed by atoms with Crippen molar-refractivity contribution >= 4 is 5.97 Å². The molecule has 1 aliphatic carbocycles. The molecular formula is C19H27FN2O2. The Kier molecular flexibility index (Phi) is 5.21. The second-order valence-corrected chi connectivity index (χ2v) is 7.67. The highest BCUT2D eigenvalue weighted by Crippen LogP contribution is 2.37. The predicted molar refractivity (Wildman–Crippen MR) is 91.4 cm³/mol. The molecule has 1 saturated carbocycles. The topological polar surface area (TPSA) is 52.6 Å². The van der Waals surface area contributed by atoms with E-state index in [0.717, 1.165) is 50.4 Å². The summed E-state index contributed by atoms with van der Waals surface area (Å²) in [6.07, 6.45) is 4.12. The lowest BCUT2D eigenvalue weighted by Gasteiger charge is -2.42. The van der Waals surface area contributed by atoms with Crippen LogP contribution in [0.2, 0.25) is 0 Å². The van der Waals surface area contributed by atoms with Gasteiger partial charge in [-0.2, -0.15) is 0 Å². The molecule has 2 unspecified atom stereocenters. The Labute approximate surface area is 143 Å². The van der Waals surface area contributed by atoms with Crippen LogP contribution < -0.4 is 5.32 Å². The minimum Gasteiger partial charge on any atom is -0.480 e. The van der Waals surface area contributed by atoms with E-state index in [0.29, 0.717) is 6.04 Å². The fourth-order valence-corrected chi connectivity index (χ4v) is 3.78. The molecule has 0 amide bonds. The minimum atomic E-state index is -0.758. The molecule has 0 spiro atoms. The molecule has 1 aromatic rings. The van der Waals surface area contributed by atoms with Gasteiger partial charge in [-0.3, -0.25) is 9.69 Å². The van der Waals surface area contributed by atoms with E-state index in [1.54, 1.807) is 0 Å². The molecule has 132 valence electrons. The zero-order valence-electron chi connectivity index (χ0n) is 14.3. The van der Waals surface area contributed by atoms with Crippen molar-refractivity contribution in [3.63, 3.8) is 0 Å². The van der Waals surface area contributed by atoms with Crippen LogP contribution in [0.15, 0.2) is 24.3 Å². The van der Waals surface area contributed by atoms with Gasteiger partial charge in [-0.05, 0) is 67.8 Å². The molecule has 2 fully saturated rings. The molecule has 1 saturated heterocycles. The van der Waals surface area contributed by atoms with Crippen LogP contribution >= 0.6 is 0 Å². The van der Waals surface area contributed by atoms with E-state index in [4.69, 9.17) is 5.11 Å². The fourth-order valence-electron chi connectivity index (χ4n) is 3.78. The number of rotatable bonds is 7. The summed E-state index contributed by atoms with van der Waals surface area (Å²) >= 11 is 0. The van der Waals surface area contributed by atoms with Crippen LogP contribution in [-0.4, -0.2) is 48.2 Å². The van der Waals surface area contributed by atoms with Gasteiger partial charge in [0, 0.05) is 12.6 Å². The summed E-state index contributed by atoms with van der Waals surface area (Å²) in [5.41, 5.74) is 1.29. The van der Waals surface area contributed by atoms with E-state index >= 15 is 0 Å². The number of nitrogens with one attached hydrogen (secondary N) is 1. The third-order valence-electron chi connectivity index (χ3n) is 5.62. The predicted octanol–water partition coefficient (Wildman–Crippen LogP) is 2.53. The third kappa shape index (κ3) is 4.54. The molecule has 4 nitrogen and oxygen atoms in total. The molecule has 3 rings (SSSR count). The van der Waals surface area contributed by atoms with Gasteiger partial charge in [0.25, 0.3) is 0 Å². The molecular weight excluding hydrogens is 307 g/mol. The monoisotopic (exact) mass is 334 g/mol. The first-order valence-electron chi connectivity index (χ1n) is 8.88. The quantitative estimate of drug-likeness (QED) is 0.805. The normalized spacial score (nSPS) is 26.2. The zero-order valence-corrected chi connectivity index (χ0v) is 14.3. The summed E-state index contributed by atoms with van der Waals surface area (Å²) in [5.74, 6) is -0.194. The van der Waals surface area contributed by atoms with Crippen molar-refractivity contribution < 1.29 is 14.3 Å². The van der Waals surface area contributed by atoms with Crippen molar-refractivity contribution in [2.45, 2.75) is 38.6 Å². The van der Waals surface area contributed by atoms with Crippen molar-refractivity contribution in [2.75, 3.05) is 26.2 Å². The molecule has 0 bridgehead atoms. The van der Waals surface area contributed by atoms with Crippen molar-refractivity contribution in [3.05, 3.63) is 35.6 Å². The Bertz CT molecular complexity index is 567. The molecule has 1 aromatic carbocycles. The van der Waals surface area contributed by atoms with Gasteiger partial charge >= 0.3 is 5.97 Å². The van der Waals surface area contributed by atoms with E-state index in [1.165, 1.54) is 18.6 Å². The van der Waals surface area contributed by atoms with Crippen molar-refractivity contribution in [1.29, 1.82) is 0 Å². The SMILES string of the molecule is CC1CC1NCC1(Cc2ccc(F)cc2)CCN(CC(=O)O)CC1. The molecule has 2 aliphatic rings. The van der Waals surface area contributed by atoms with Gasteiger partial charge in [-0.15, -0.1) is 0 Å². The number of aliphatic carboxylic acids is 1. The van der Waals surface area contributed by atoms with Gasteiger partial charge in [-0.1, -0.05) is 19.1 Å². The van der Waals surface area contributed by atoms with Crippen molar-refractivity contribution in [2.24, 2.45) is 11.3 Å². The highest BCUT2D eigenvalue weighted by molar-refractivity contribution is 5.69. The average molecular weight is 334 g/mol. The highest BCUT2D eigenvalue weighted by Gasteiger charge is 2.38. The molecule has 24 heavy (non-hydrogen) atoms. The van der Waals surface area contributed by atoms with Crippen LogP contribution in [0.25, 0.3) is 0 Å². The summed E-state index contributed by atoms with van der Waals surface area (Å²) in [4.78, 5) is 12.9. The molecule has 2 N–H and O–H groups in total. The number of carboxylic acid groups (broad SMARTS) is 1. The third-order valence-corrected chi connectivity index (χ3v) is 5.62. The smallest absolute Gasteiger partial charge is 0.317 e. The summed E-state index contributed by atoms with van der Waals surface area (Å²) in [6.45, 7) is 4.98. The number of halogens is 1. The first kappa shape index (κ1) is 17.4. The summed E-state index contributed by atoms with van der Waals surface area (Å²) in [5, 5.41) is 12.7. The van der Waals surface area contributed by atoms with Gasteiger partial charge < -0.3 is 10.4 Å². The van der Waals surface area contributed by atoms with Crippen LogP contribution in [0.5, 0.6) is 0 Å². The number of hydrogen-bond donors (Lipinski definition) is 2. The van der Waals surface area contributed by atoms with E-state index in [9.17, 15) is 9.18 Å². The van der Waals surface area contributed by atoms with E-state index in [-0.39, 0.29) is 17.8 Å². The summed E-state index contributed by atoms with van der Waals surface area (Å²) in [6, 6.07) is 7.44. The summed E-state index contributed by atoms with van der Waals surface area (Å²) in [7, 11) is 0. The average Bonchev–Trinajstić information content (AvgIpc) is 3.25. The largest absolute Gasteiger partial charge is 0.480 e.